The van der Waals surface area contributed by atoms with Crippen LogP contribution in [-0.2, 0) is 0 Å². The maximum Gasteiger partial charge on any atom is 0.323 e. The van der Waals surface area contributed by atoms with Crippen LogP contribution in [0.5, 0.6) is 0 Å². The number of aromatic nitrogens is 2. The molecular formula is C18H19FN6O4. The summed E-state index contributed by atoms with van der Waals surface area (Å²) in [5.41, 5.74) is 1.52. The Morgan fingerprint density at radius 2 is 1.79 bits per heavy atom. The van der Waals surface area contributed by atoms with Gasteiger partial charge in [0.25, 0.3) is 0 Å². The fraction of sp³-hybridized carbons (Fsp3) is 0.333. The lowest BCUT2D eigenvalue weighted by Gasteiger charge is -2.37. The molecule has 2 N–H and O–H groups in total. The largest absolute Gasteiger partial charge is 0.395 e. The van der Waals surface area contributed by atoms with Gasteiger partial charge in [-0.05, 0) is 28.5 Å². The molecule has 0 spiro atoms. The zero-order chi connectivity index (χ0) is 20.4. The van der Waals surface area contributed by atoms with Gasteiger partial charge >= 0.3 is 5.69 Å². The Labute approximate surface area is 164 Å². The van der Waals surface area contributed by atoms with E-state index >= 15 is 0 Å². The van der Waals surface area contributed by atoms with E-state index in [1.165, 1.54) is 6.07 Å². The summed E-state index contributed by atoms with van der Waals surface area (Å²) in [4.78, 5) is 15.0. The molecule has 0 unspecified atom stereocenters. The summed E-state index contributed by atoms with van der Waals surface area (Å²) in [6, 6.07) is 8.25. The van der Waals surface area contributed by atoms with E-state index in [0.29, 0.717) is 43.1 Å². The van der Waals surface area contributed by atoms with Crippen molar-refractivity contribution in [2.45, 2.75) is 0 Å². The van der Waals surface area contributed by atoms with E-state index in [1.807, 2.05) is 9.80 Å². The minimum atomic E-state index is -0.549. The molecule has 0 amide bonds. The molecule has 1 aliphatic heterocycles. The van der Waals surface area contributed by atoms with Crippen molar-refractivity contribution in [3.05, 3.63) is 46.3 Å². The minimum absolute atomic E-state index is 0.0458. The summed E-state index contributed by atoms with van der Waals surface area (Å²) < 4.78 is 18.9. The lowest BCUT2D eigenvalue weighted by molar-refractivity contribution is -0.382. The average molecular weight is 402 g/mol. The molecule has 4 rings (SSSR count). The third kappa shape index (κ3) is 3.51. The van der Waals surface area contributed by atoms with Crippen LogP contribution < -0.4 is 15.1 Å². The number of piperazine rings is 1. The van der Waals surface area contributed by atoms with Gasteiger partial charge < -0.3 is 20.2 Å². The number of aliphatic hydroxyl groups is 1. The van der Waals surface area contributed by atoms with E-state index in [-0.39, 0.29) is 35.9 Å². The van der Waals surface area contributed by atoms with Gasteiger partial charge in [-0.25, -0.2) is 9.02 Å². The van der Waals surface area contributed by atoms with Crippen LogP contribution in [0, 0.1) is 15.9 Å². The molecular weight excluding hydrogens is 383 g/mol. The highest BCUT2D eigenvalue weighted by Crippen LogP contribution is 2.38. The van der Waals surface area contributed by atoms with Crippen molar-refractivity contribution >= 4 is 33.8 Å². The first-order valence-corrected chi connectivity index (χ1v) is 9.13. The number of anilines is 3. The number of halogens is 1. The first-order chi connectivity index (χ1) is 14.1. The number of para-hydroxylation sites is 1. The summed E-state index contributed by atoms with van der Waals surface area (Å²) in [6.45, 7) is 2.25. The number of nitrogens with zero attached hydrogens (tertiary/aromatic N) is 5. The van der Waals surface area contributed by atoms with Gasteiger partial charge in [-0.3, -0.25) is 10.1 Å². The van der Waals surface area contributed by atoms with E-state index in [0.717, 1.165) is 0 Å². The highest BCUT2D eigenvalue weighted by Gasteiger charge is 2.29. The normalized spacial score (nSPS) is 14.4. The van der Waals surface area contributed by atoms with Crippen LogP contribution in [0.1, 0.15) is 0 Å². The lowest BCUT2D eigenvalue weighted by atomic mass is 10.1. The van der Waals surface area contributed by atoms with Crippen LogP contribution in [0.15, 0.2) is 35.0 Å². The molecule has 0 radical (unpaired) electrons. The molecule has 1 aromatic heterocycles. The molecule has 0 saturated carbocycles. The number of rotatable bonds is 6. The van der Waals surface area contributed by atoms with Crippen LogP contribution in [0.2, 0.25) is 0 Å². The Kier molecular flexibility index (Phi) is 5.12. The van der Waals surface area contributed by atoms with E-state index in [9.17, 15) is 14.5 Å². The molecule has 2 heterocycles. The maximum atomic E-state index is 14.1. The third-order valence-electron chi connectivity index (χ3n) is 4.91. The number of aliphatic hydroxyl groups excluding tert-OH is 1. The van der Waals surface area contributed by atoms with Crippen molar-refractivity contribution in [3.8, 4) is 0 Å². The summed E-state index contributed by atoms with van der Waals surface area (Å²) in [6.07, 6.45) is 0. The lowest BCUT2D eigenvalue weighted by Crippen LogP contribution is -2.47. The van der Waals surface area contributed by atoms with Gasteiger partial charge in [-0.15, -0.1) is 0 Å². The Hall–Kier alpha value is -3.47. The van der Waals surface area contributed by atoms with Gasteiger partial charge in [0.15, 0.2) is 5.52 Å². The van der Waals surface area contributed by atoms with Crippen LogP contribution in [-0.4, -0.2) is 59.7 Å². The fourth-order valence-corrected chi connectivity index (χ4v) is 3.56. The predicted molar refractivity (Wildman–Crippen MR) is 105 cm³/mol. The van der Waals surface area contributed by atoms with E-state index in [4.69, 9.17) is 9.74 Å². The third-order valence-corrected chi connectivity index (χ3v) is 4.91. The quantitative estimate of drug-likeness (QED) is 0.471. The average Bonchev–Trinajstić information content (AvgIpc) is 3.21. The number of nitrogens with one attached hydrogen (secondary N) is 1. The molecule has 1 aliphatic rings. The molecule has 0 bridgehead atoms. The zero-order valence-corrected chi connectivity index (χ0v) is 15.4. The second-order valence-corrected chi connectivity index (χ2v) is 6.59. The molecule has 0 aliphatic carbocycles. The molecule has 3 aromatic rings. The number of hydrogen-bond donors (Lipinski definition) is 2. The molecule has 1 fully saturated rings. The first-order valence-electron chi connectivity index (χ1n) is 9.13. The van der Waals surface area contributed by atoms with Gasteiger partial charge in [-0.1, -0.05) is 12.1 Å². The number of nitro groups is 1. The van der Waals surface area contributed by atoms with Crippen molar-refractivity contribution < 1.29 is 19.0 Å². The molecule has 0 atom stereocenters. The first kappa shape index (κ1) is 18.9. The highest BCUT2D eigenvalue weighted by molar-refractivity contribution is 5.99. The zero-order valence-electron chi connectivity index (χ0n) is 15.4. The summed E-state index contributed by atoms with van der Waals surface area (Å²) in [5.74, 6) is -0.269. The fourth-order valence-electron chi connectivity index (χ4n) is 3.56. The predicted octanol–water partition coefficient (Wildman–Crippen LogP) is 2.00. The topological polar surface area (TPSA) is 121 Å². The van der Waals surface area contributed by atoms with E-state index in [1.54, 1.807) is 24.3 Å². The van der Waals surface area contributed by atoms with Crippen LogP contribution >= 0.6 is 0 Å². The molecule has 11 heteroatoms. The summed E-state index contributed by atoms with van der Waals surface area (Å²) >= 11 is 0. The maximum absolute atomic E-state index is 14.1. The monoisotopic (exact) mass is 402 g/mol. The van der Waals surface area contributed by atoms with Gasteiger partial charge in [0.1, 0.15) is 11.5 Å². The molecule has 10 nitrogen and oxygen atoms in total. The standard InChI is InChI=1S/C18H19FN6O4/c19-12-3-1-2-4-14(12)23-6-8-24(9-7-23)15-11-13(20-5-10-26)18(25(27)28)17-16(15)21-29-22-17/h1-4,11,20,26H,5-10H2. The highest BCUT2D eigenvalue weighted by atomic mass is 19.1. The number of benzene rings is 2. The smallest absolute Gasteiger partial charge is 0.323 e. The number of hydrogen-bond acceptors (Lipinski definition) is 9. The second kappa shape index (κ2) is 7.87. The van der Waals surface area contributed by atoms with Crippen molar-refractivity contribution in [1.82, 2.24) is 10.3 Å². The Balaban J connectivity index is 1.64. The number of fused-ring (bicyclic) bond motifs is 1. The number of nitro benzene ring substituents is 1. The Morgan fingerprint density at radius 1 is 1.14 bits per heavy atom. The van der Waals surface area contributed by atoms with Crippen molar-refractivity contribution in [2.24, 2.45) is 0 Å². The Bertz CT molecular complexity index is 1030. The van der Waals surface area contributed by atoms with Crippen molar-refractivity contribution in [1.29, 1.82) is 0 Å². The van der Waals surface area contributed by atoms with Crippen LogP contribution in [0.4, 0.5) is 27.1 Å². The van der Waals surface area contributed by atoms with Crippen molar-refractivity contribution in [3.63, 3.8) is 0 Å². The minimum Gasteiger partial charge on any atom is -0.395 e. The van der Waals surface area contributed by atoms with Crippen LogP contribution in [0.25, 0.3) is 11.0 Å². The summed E-state index contributed by atoms with van der Waals surface area (Å²) in [7, 11) is 0. The molecule has 1 saturated heterocycles. The van der Waals surface area contributed by atoms with Crippen LogP contribution in [0.3, 0.4) is 0 Å². The van der Waals surface area contributed by atoms with Gasteiger partial charge in [0.2, 0.25) is 5.52 Å². The van der Waals surface area contributed by atoms with E-state index in [2.05, 4.69) is 15.6 Å². The summed E-state index contributed by atoms with van der Waals surface area (Å²) in [5, 5.41) is 31.1. The molecule has 2 aromatic carbocycles. The van der Waals surface area contributed by atoms with E-state index < -0.39 is 4.92 Å². The van der Waals surface area contributed by atoms with Gasteiger partial charge in [0, 0.05) is 32.7 Å². The molecule has 29 heavy (non-hydrogen) atoms. The Morgan fingerprint density at radius 3 is 2.45 bits per heavy atom. The van der Waals surface area contributed by atoms with Gasteiger partial charge in [-0.2, -0.15) is 0 Å². The second-order valence-electron chi connectivity index (χ2n) is 6.59. The van der Waals surface area contributed by atoms with Crippen molar-refractivity contribution in [2.75, 3.05) is 54.4 Å². The van der Waals surface area contributed by atoms with Gasteiger partial charge in [0.05, 0.1) is 22.9 Å². The SMILES string of the molecule is O=[N+]([O-])c1c(NCCO)cc(N2CCN(c3ccccc3F)CC2)c2nonc12. The molecule has 152 valence electrons.